The molecule has 0 atom stereocenters. The molecule has 1 fully saturated rings. The van der Waals surface area contributed by atoms with Gasteiger partial charge in [-0.2, -0.15) is 12.6 Å². The van der Waals surface area contributed by atoms with Crippen molar-refractivity contribution in [3.63, 3.8) is 0 Å². The van der Waals surface area contributed by atoms with Crippen molar-refractivity contribution in [2.75, 3.05) is 12.9 Å². The molecule has 0 unspecified atom stereocenters. The Hall–Kier alpha value is -0.680. The molecule has 1 aromatic carbocycles. The lowest BCUT2D eigenvalue weighted by Gasteiger charge is -2.20. The average Bonchev–Trinajstić information content (AvgIpc) is 3.10. The highest BCUT2D eigenvalue weighted by Gasteiger charge is 2.47. The normalized spacial score (nSPS) is 16.2. The zero-order valence-electron chi connectivity index (χ0n) is 10.2. The monoisotopic (exact) mass is 329 g/mol. The van der Waals surface area contributed by atoms with E-state index in [1.165, 1.54) is 0 Å². The highest BCUT2D eigenvalue weighted by atomic mass is 79.9. The van der Waals surface area contributed by atoms with Crippen molar-refractivity contribution in [2.45, 2.75) is 24.8 Å². The van der Waals surface area contributed by atoms with Crippen molar-refractivity contribution in [3.05, 3.63) is 28.2 Å². The highest BCUT2D eigenvalue weighted by Crippen LogP contribution is 2.49. The van der Waals surface area contributed by atoms with E-state index in [0.29, 0.717) is 12.2 Å². The molecular formula is C13H16BrNO2S. The second-order valence-electron chi connectivity index (χ2n) is 4.45. The first-order valence-electron chi connectivity index (χ1n) is 5.87. The number of ether oxygens (including phenoxy) is 1. The number of methoxy groups -OCH3 is 1. The number of hydrogen-bond acceptors (Lipinski definition) is 3. The van der Waals surface area contributed by atoms with Crippen molar-refractivity contribution in [1.82, 2.24) is 5.32 Å². The smallest absolute Gasteiger partial charge is 0.221 e. The summed E-state index contributed by atoms with van der Waals surface area (Å²) in [6, 6.07) is 5.88. The van der Waals surface area contributed by atoms with Crippen LogP contribution < -0.4 is 10.1 Å². The van der Waals surface area contributed by atoms with Gasteiger partial charge >= 0.3 is 0 Å². The summed E-state index contributed by atoms with van der Waals surface area (Å²) in [6.07, 6.45) is 2.36. The minimum Gasteiger partial charge on any atom is -0.496 e. The van der Waals surface area contributed by atoms with Gasteiger partial charge in [-0.3, -0.25) is 4.79 Å². The molecular weight excluding hydrogens is 314 g/mol. The maximum absolute atomic E-state index is 11.7. The topological polar surface area (TPSA) is 38.3 Å². The lowest BCUT2D eigenvalue weighted by Crippen LogP contribution is -2.35. The molecule has 0 spiro atoms. The van der Waals surface area contributed by atoms with Gasteiger partial charge in [0.25, 0.3) is 0 Å². The number of halogens is 1. The Bertz CT molecular complexity index is 460. The van der Waals surface area contributed by atoms with Gasteiger partial charge in [0, 0.05) is 16.5 Å². The van der Waals surface area contributed by atoms with E-state index in [1.54, 1.807) is 7.11 Å². The first-order valence-corrected chi connectivity index (χ1v) is 7.30. The van der Waals surface area contributed by atoms with Crippen LogP contribution in [0.5, 0.6) is 5.75 Å². The van der Waals surface area contributed by atoms with E-state index in [-0.39, 0.29) is 11.4 Å². The quantitative estimate of drug-likeness (QED) is 0.815. The lowest BCUT2D eigenvalue weighted by atomic mass is 10.0. The van der Waals surface area contributed by atoms with Crippen molar-refractivity contribution < 1.29 is 9.53 Å². The van der Waals surface area contributed by atoms with Crippen LogP contribution in [0.1, 0.15) is 24.8 Å². The minimum atomic E-state index is -0.241. The van der Waals surface area contributed by atoms with Gasteiger partial charge in [-0.15, -0.1) is 0 Å². The standard InChI is InChI=1S/C13H16BrNO2S/c1-17-11-3-2-9(14)8-10(11)13(5-6-13)15-12(16)4-7-18/h2-3,8,18H,4-7H2,1H3,(H,15,16). The summed E-state index contributed by atoms with van der Waals surface area (Å²) in [5.74, 6) is 1.43. The number of nitrogens with one attached hydrogen (secondary N) is 1. The molecule has 5 heteroatoms. The molecule has 1 saturated carbocycles. The Labute approximate surface area is 121 Å². The number of thiol groups is 1. The maximum atomic E-state index is 11.7. The lowest BCUT2D eigenvalue weighted by molar-refractivity contribution is -0.121. The summed E-state index contributed by atoms with van der Waals surface area (Å²) in [6.45, 7) is 0. The third-order valence-electron chi connectivity index (χ3n) is 3.14. The van der Waals surface area contributed by atoms with Crippen LogP contribution in [0, 0.1) is 0 Å². The van der Waals surface area contributed by atoms with E-state index in [4.69, 9.17) is 4.74 Å². The fourth-order valence-corrected chi connectivity index (χ4v) is 2.64. The Morgan fingerprint density at radius 3 is 2.83 bits per heavy atom. The summed E-state index contributed by atoms with van der Waals surface area (Å²) in [5, 5.41) is 3.10. The molecule has 1 amide bonds. The molecule has 1 aliphatic rings. The zero-order chi connectivity index (χ0) is 13.2. The van der Waals surface area contributed by atoms with E-state index in [9.17, 15) is 4.79 Å². The molecule has 0 aromatic heterocycles. The molecule has 3 nitrogen and oxygen atoms in total. The number of amides is 1. The summed E-state index contributed by atoms with van der Waals surface area (Å²) in [4.78, 5) is 11.7. The third-order valence-corrected chi connectivity index (χ3v) is 3.86. The summed E-state index contributed by atoms with van der Waals surface area (Å²) < 4.78 is 6.37. The zero-order valence-corrected chi connectivity index (χ0v) is 12.7. The van der Waals surface area contributed by atoms with E-state index in [2.05, 4.69) is 33.9 Å². The van der Waals surface area contributed by atoms with E-state index < -0.39 is 0 Å². The number of hydrogen-bond donors (Lipinski definition) is 2. The molecule has 0 heterocycles. The van der Waals surface area contributed by atoms with Crippen molar-refractivity contribution in [2.24, 2.45) is 0 Å². The van der Waals surface area contributed by atoms with Crippen LogP contribution in [0.3, 0.4) is 0 Å². The van der Waals surface area contributed by atoms with Crippen LogP contribution in [-0.4, -0.2) is 18.8 Å². The SMILES string of the molecule is COc1ccc(Br)cc1C1(NC(=O)CCS)CC1. The Morgan fingerprint density at radius 2 is 2.28 bits per heavy atom. The largest absolute Gasteiger partial charge is 0.496 e. The number of rotatable bonds is 5. The van der Waals surface area contributed by atoms with Gasteiger partial charge in [-0.25, -0.2) is 0 Å². The second kappa shape index (κ2) is 5.53. The van der Waals surface area contributed by atoms with E-state index >= 15 is 0 Å². The van der Waals surface area contributed by atoms with Gasteiger partial charge in [-0.1, -0.05) is 15.9 Å². The molecule has 1 aliphatic carbocycles. The van der Waals surface area contributed by atoms with Crippen LogP contribution in [0.2, 0.25) is 0 Å². The molecule has 0 aliphatic heterocycles. The van der Waals surface area contributed by atoms with E-state index in [1.807, 2.05) is 18.2 Å². The van der Waals surface area contributed by atoms with E-state index in [0.717, 1.165) is 28.6 Å². The van der Waals surface area contributed by atoms with Gasteiger partial charge in [-0.05, 0) is 36.8 Å². The van der Waals surface area contributed by atoms with Gasteiger partial charge in [0.1, 0.15) is 5.75 Å². The van der Waals surface area contributed by atoms with Crippen molar-refractivity contribution in [3.8, 4) is 5.75 Å². The third kappa shape index (κ3) is 2.83. The minimum absolute atomic E-state index is 0.0459. The molecule has 1 N–H and O–H groups in total. The van der Waals surface area contributed by atoms with Crippen LogP contribution >= 0.6 is 28.6 Å². The van der Waals surface area contributed by atoms with Crippen molar-refractivity contribution >= 4 is 34.5 Å². The van der Waals surface area contributed by atoms with Gasteiger partial charge in [0.15, 0.2) is 0 Å². The first-order chi connectivity index (χ1) is 8.61. The second-order valence-corrected chi connectivity index (χ2v) is 5.81. The Balaban J connectivity index is 2.24. The van der Waals surface area contributed by atoms with Gasteiger partial charge in [0.2, 0.25) is 5.91 Å². The highest BCUT2D eigenvalue weighted by molar-refractivity contribution is 9.10. The first kappa shape index (κ1) is 13.7. The number of carbonyl (C=O) groups excluding carboxylic acids is 1. The van der Waals surface area contributed by atoms with Crippen molar-refractivity contribution in [1.29, 1.82) is 0 Å². The van der Waals surface area contributed by atoms with Crippen LogP contribution in [0.15, 0.2) is 22.7 Å². The summed E-state index contributed by atoms with van der Waals surface area (Å²) >= 11 is 7.54. The van der Waals surface area contributed by atoms with Crippen LogP contribution in [0.4, 0.5) is 0 Å². The van der Waals surface area contributed by atoms with Crippen LogP contribution in [-0.2, 0) is 10.3 Å². The fraction of sp³-hybridized carbons (Fsp3) is 0.462. The predicted molar refractivity (Wildman–Crippen MR) is 78.2 cm³/mol. The summed E-state index contributed by atoms with van der Waals surface area (Å²) in [7, 11) is 1.65. The molecule has 0 radical (unpaired) electrons. The molecule has 1 aromatic rings. The Kier molecular flexibility index (Phi) is 4.22. The number of carbonyl (C=O) groups is 1. The van der Waals surface area contributed by atoms with Gasteiger partial charge in [0.05, 0.1) is 12.6 Å². The summed E-state index contributed by atoms with van der Waals surface area (Å²) in [5.41, 5.74) is 0.807. The molecule has 2 rings (SSSR count). The molecule has 98 valence electrons. The van der Waals surface area contributed by atoms with Crippen LogP contribution in [0.25, 0.3) is 0 Å². The number of benzene rings is 1. The maximum Gasteiger partial charge on any atom is 0.221 e. The van der Waals surface area contributed by atoms with Gasteiger partial charge < -0.3 is 10.1 Å². The fourth-order valence-electron chi connectivity index (χ4n) is 2.07. The average molecular weight is 330 g/mol. The molecule has 18 heavy (non-hydrogen) atoms. The molecule has 0 saturated heterocycles. The molecule has 0 bridgehead atoms. The Morgan fingerprint density at radius 1 is 1.56 bits per heavy atom. The predicted octanol–water partition coefficient (Wildman–Crippen LogP) is 2.88.